The molecule has 3 aromatic carbocycles. The van der Waals surface area contributed by atoms with Gasteiger partial charge in [0.05, 0.1) is 23.3 Å². The van der Waals surface area contributed by atoms with Gasteiger partial charge in [0.25, 0.3) is 0 Å². The molecular weight excluding hydrogens is 611 g/mol. The lowest BCUT2D eigenvalue weighted by Crippen LogP contribution is -2.27. The Balaban J connectivity index is 1.85. The number of nitrogens with zero attached hydrogens (tertiary/aromatic N) is 1. The largest absolute Gasteiger partial charge is 0.463 e. The molecule has 0 amide bonds. The van der Waals surface area contributed by atoms with Crippen LogP contribution in [0.3, 0.4) is 0 Å². The molecule has 0 bridgehead atoms. The SMILES string of the molecule is CC(C)(C)CC(C)(C)c1ccc(OC2CCCCO2)c(-n2c3cc(C(C)(C)CC(C)(C)C)ccc3c3ccc(C(C)(C)CC(C)(C)C)cc32)c1. The third-order valence-corrected chi connectivity index (χ3v) is 10.6. The van der Waals surface area contributed by atoms with Crippen molar-refractivity contribution in [1.82, 2.24) is 4.57 Å². The molecule has 1 fully saturated rings. The molecule has 5 rings (SSSR count). The summed E-state index contributed by atoms with van der Waals surface area (Å²) in [7, 11) is 0. The van der Waals surface area contributed by atoms with E-state index in [1.165, 1.54) is 38.5 Å². The van der Waals surface area contributed by atoms with Crippen LogP contribution < -0.4 is 4.74 Å². The summed E-state index contributed by atoms with van der Waals surface area (Å²) in [6, 6.07) is 21.4. The van der Waals surface area contributed by atoms with Crippen LogP contribution in [0.4, 0.5) is 0 Å². The summed E-state index contributed by atoms with van der Waals surface area (Å²) in [5.74, 6) is 0.893. The Morgan fingerprint density at radius 2 is 0.980 bits per heavy atom. The summed E-state index contributed by atoms with van der Waals surface area (Å²) < 4.78 is 15.6. The van der Waals surface area contributed by atoms with Crippen LogP contribution in [0.25, 0.3) is 27.5 Å². The Hall–Kier alpha value is -2.78. The molecule has 0 aliphatic carbocycles. The second-order valence-corrected chi connectivity index (χ2v) is 21.3. The van der Waals surface area contributed by atoms with Crippen molar-refractivity contribution in [2.75, 3.05) is 6.61 Å². The van der Waals surface area contributed by atoms with Crippen molar-refractivity contribution in [3.8, 4) is 11.4 Å². The van der Waals surface area contributed by atoms with Crippen molar-refractivity contribution in [1.29, 1.82) is 0 Å². The zero-order valence-electron chi connectivity index (χ0n) is 34.5. The number of hydrogen-bond donors (Lipinski definition) is 0. The predicted octanol–water partition coefficient (Wildman–Crippen LogP) is 13.8. The van der Waals surface area contributed by atoms with Gasteiger partial charge in [-0.1, -0.05) is 134 Å². The number of hydrogen-bond acceptors (Lipinski definition) is 2. The first-order valence-corrected chi connectivity index (χ1v) is 19.4. The van der Waals surface area contributed by atoms with Gasteiger partial charge in [0, 0.05) is 17.2 Å². The molecular formula is C47H69NO2. The fourth-order valence-electron chi connectivity index (χ4n) is 9.56. The van der Waals surface area contributed by atoms with E-state index in [0.29, 0.717) is 0 Å². The second-order valence-electron chi connectivity index (χ2n) is 21.3. The van der Waals surface area contributed by atoms with E-state index in [2.05, 4.69) is 163 Å². The Morgan fingerprint density at radius 3 is 1.38 bits per heavy atom. The Labute approximate surface area is 305 Å². The summed E-state index contributed by atoms with van der Waals surface area (Å²) in [5, 5.41) is 2.57. The molecule has 1 aromatic heterocycles. The van der Waals surface area contributed by atoms with Gasteiger partial charge in [-0.3, -0.25) is 0 Å². The van der Waals surface area contributed by atoms with Crippen molar-refractivity contribution in [3.05, 3.63) is 71.3 Å². The third kappa shape index (κ3) is 8.80. The van der Waals surface area contributed by atoms with E-state index in [4.69, 9.17) is 9.47 Å². The van der Waals surface area contributed by atoms with Crippen molar-refractivity contribution in [3.63, 3.8) is 0 Å². The van der Waals surface area contributed by atoms with Gasteiger partial charge >= 0.3 is 0 Å². The molecule has 274 valence electrons. The van der Waals surface area contributed by atoms with Crippen LogP contribution in [0, 0.1) is 16.2 Å². The van der Waals surface area contributed by atoms with Crippen LogP contribution in [-0.2, 0) is 21.0 Å². The molecule has 1 saturated heterocycles. The summed E-state index contributed by atoms with van der Waals surface area (Å²) in [4.78, 5) is 0. The van der Waals surface area contributed by atoms with Crippen LogP contribution in [0.5, 0.6) is 5.75 Å². The Morgan fingerprint density at radius 1 is 0.560 bits per heavy atom. The smallest absolute Gasteiger partial charge is 0.199 e. The van der Waals surface area contributed by atoms with Crippen molar-refractivity contribution in [2.24, 2.45) is 16.2 Å². The number of ether oxygens (including phenoxy) is 2. The fourth-order valence-corrected chi connectivity index (χ4v) is 9.56. The zero-order chi connectivity index (χ0) is 37.1. The molecule has 1 atom stereocenters. The minimum atomic E-state index is -0.230. The van der Waals surface area contributed by atoms with Gasteiger partial charge in [-0.25, -0.2) is 0 Å². The lowest BCUT2D eigenvalue weighted by atomic mass is 9.72. The summed E-state index contributed by atoms with van der Waals surface area (Å²) in [5.41, 5.74) is 8.31. The minimum Gasteiger partial charge on any atom is -0.463 e. The van der Waals surface area contributed by atoms with Gasteiger partial charge < -0.3 is 14.0 Å². The Bertz CT molecular complexity index is 1720. The predicted molar refractivity (Wildman–Crippen MR) is 216 cm³/mol. The highest BCUT2D eigenvalue weighted by Crippen LogP contribution is 2.45. The first kappa shape index (κ1) is 38.5. The Kier molecular flexibility index (Phi) is 10.2. The quantitative estimate of drug-likeness (QED) is 0.176. The van der Waals surface area contributed by atoms with E-state index < -0.39 is 0 Å². The van der Waals surface area contributed by atoms with E-state index in [1.54, 1.807) is 0 Å². The number of aromatic nitrogens is 1. The van der Waals surface area contributed by atoms with E-state index in [9.17, 15) is 0 Å². The zero-order valence-corrected chi connectivity index (χ0v) is 34.5. The van der Waals surface area contributed by atoms with E-state index >= 15 is 0 Å². The highest BCUT2D eigenvalue weighted by atomic mass is 16.7. The molecule has 1 unspecified atom stereocenters. The van der Waals surface area contributed by atoms with Gasteiger partial charge in [0.2, 0.25) is 0 Å². The highest BCUT2D eigenvalue weighted by molar-refractivity contribution is 6.10. The molecule has 4 aromatic rings. The summed E-state index contributed by atoms with van der Waals surface area (Å²) in [6.07, 6.45) is 6.19. The standard InChI is InChI=1S/C47H69NO2/c1-42(2,3)29-45(10,11)32-19-22-35-36-23-20-33(46(12,13)30-43(4,5)6)27-38(36)48(37(35)26-32)39-28-34(47(14,15)31-44(7,8)9)21-24-40(39)50-41-18-16-17-25-49-41/h19-24,26-28,41H,16-18,25,29-31H2,1-15H3. The van der Waals surface area contributed by atoms with Crippen LogP contribution in [0.15, 0.2) is 54.6 Å². The molecule has 1 aliphatic rings. The highest BCUT2D eigenvalue weighted by Gasteiger charge is 2.32. The number of fused-ring (bicyclic) bond motifs is 3. The maximum atomic E-state index is 6.86. The molecule has 50 heavy (non-hydrogen) atoms. The molecule has 1 aliphatic heterocycles. The lowest BCUT2D eigenvalue weighted by Gasteiger charge is -2.34. The molecule has 2 heterocycles. The first-order chi connectivity index (χ1) is 22.9. The van der Waals surface area contributed by atoms with Gasteiger partial charge in [-0.05, 0) is 106 Å². The lowest BCUT2D eigenvalue weighted by molar-refractivity contribution is -0.105. The summed E-state index contributed by atoms with van der Waals surface area (Å²) >= 11 is 0. The normalized spacial score (nSPS) is 17.1. The van der Waals surface area contributed by atoms with Gasteiger partial charge in [0.15, 0.2) is 6.29 Å². The maximum Gasteiger partial charge on any atom is 0.199 e. The van der Waals surface area contributed by atoms with Crippen LogP contribution in [0.2, 0.25) is 0 Å². The average molecular weight is 680 g/mol. The third-order valence-electron chi connectivity index (χ3n) is 10.6. The van der Waals surface area contributed by atoms with Gasteiger partial charge in [-0.15, -0.1) is 0 Å². The average Bonchev–Trinajstić information content (AvgIpc) is 3.27. The monoisotopic (exact) mass is 680 g/mol. The van der Waals surface area contributed by atoms with Gasteiger partial charge in [0.1, 0.15) is 5.75 Å². The fraction of sp³-hybridized carbons (Fsp3) is 0.617. The maximum absolute atomic E-state index is 6.86. The molecule has 3 heteroatoms. The summed E-state index contributed by atoms with van der Waals surface area (Å²) in [6.45, 7) is 36.3. The molecule has 3 nitrogen and oxygen atoms in total. The van der Waals surface area contributed by atoms with Gasteiger partial charge in [-0.2, -0.15) is 0 Å². The number of rotatable bonds is 9. The van der Waals surface area contributed by atoms with Crippen LogP contribution >= 0.6 is 0 Å². The van der Waals surface area contributed by atoms with Crippen molar-refractivity contribution < 1.29 is 9.47 Å². The van der Waals surface area contributed by atoms with Crippen LogP contribution in [-0.4, -0.2) is 17.5 Å². The van der Waals surface area contributed by atoms with E-state index in [0.717, 1.165) is 56.6 Å². The van der Waals surface area contributed by atoms with E-state index in [1.807, 2.05) is 0 Å². The van der Waals surface area contributed by atoms with Crippen LogP contribution in [0.1, 0.15) is 159 Å². The minimum absolute atomic E-state index is 0.0133. The molecule has 0 saturated carbocycles. The topological polar surface area (TPSA) is 23.4 Å². The van der Waals surface area contributed by atoms with E-state index in [-0.39, 0.29) is 38.8 Å². The first-order valence-electron chi connectivity index (χ1n) is 19.4. The molecule has 0 spiro atoms. The second kappa shape index (κ2) is 13.3. The van der Waals surface area contributed by atoms with Crippen molar-refractivity contribution in [2.45, 2.75) is 165 Å². The molecule has 0 radical (unpaired) electrons. The molecule has 0 N–H and O–H groups in total. The van der Waals surface area contributed by atoms with Crippen molar-refractivity contribution >= 4 is 21.8 Å². The number of benzene rings is 3.